The average molecular weight is 218 g/mol. The topological polar surface area (TPSA) is 20.3 Å². The third-order valence-electron chi connectivity index (χ3n) is 1.55. The number of amides is 1. The number of hydrogen-bond donors (Lipinski definition) is 0. The zero-order chi connectivity index (χ0) is 9.84. The lowest BCUT2D eigenvalue weighted by atomic mass is 10.2. The van der Waals surface area contributed by atoms with E-state index >= 15 is 0 Å². The summed E-state index contributed by atoms with van der Waals surface area (Å²) in [6.45, 7) is 1.79. The van der Waals surface area contributed by atoms with Gasteiger partial charge in [0.2, 0.25) is 5.91 Å². The van der Waals surface area contributed by atoms with Crippen molar-refractivity contribution in [2.75, 3.05) is 0 Å². The molecule has 0 spiro atoms. The van der Waals surface area contributed by atoms with Gasteiger partial charge in [0.1, 0.15) is 0 Å². The van der Waals surface area contributed by atoms with Crippen molar-refractivity contribution < 1.29 is 4.79 Å². The van der Waals surface area contributed by atoms with Crippen LogP contribution in [0.25, 0.3) is 0 Å². The first-order valence-corrected chi connectivity index (χ1v) is 4.49. The van der Waals surface area contributed by atoms with Crippen LogP contribution in [0.4, 0.5) is 0 Å². The summed E-state index contributed by atoms with van der Waals surface area (Å²) in [5, 5.41) is 0.645. The highest BCUT2D eigenvalue weighted by molar-refractivity contribution is 6.30. The molecule has 0 unspecified atom stereocenters. The SMILES string of the molecule is CC(=O)N(Cl)Cc1cccc(Cl)c1. The Bertz CT molecular complexity index is 314. The van der Waals surface area contributed by atoms with Crippen molar-refractivity contribution in [3.63, 3.8) is 0 Å². The Hall–Kier alpha value is -0.730. The number of halogens is 2. The molecule has 0 aliphatic heterocycles. The molecule has 0 N–H and O–H groups in total. The minimum absolute atomic E-state index is 0.179. The Labute approximate surface area is 87.2 Å². The van der Waals surface area contributed by atoms with Crippen molar-refractivity contribution in [2.45, 2.75) is 13.5 Å². The molecule has 70 valence electrons. The summed E-state index contributed by atoms with van der Waals surface area (Å²) in [5.74, 6) is -0.179. The van der Waals surface area contributed by atoms with E-state index in [1.54, 1.807) is 12.1 Å². The number of rotatable bonds is 2. The number of benzene rings is 1. The summed E-state index contributed by atoms with van der Waals surface area (Å²) in [6.07, 6.45) is 0. The zero-order valence-electron chi connectivity index (χ0n) is 7.13. The number of carbonyl (C=O) groups is 1. The first-order chi connectivity index (χ1) is 6.09. The lowest BCUT2D eigenvalue weighted by Gasteiger charge is -2.10. The van der Waals surface area contributed by atoms with Gasteiger partial charge in [0.05, 0.1) is 6.54 Å². The van der Waals surface area contributed by atoms with Crippen molar-refractivity contribution in [1.82, 2.24) is 4.42 Å². The quantitative estimate of drug-likeness (QED) is 0.699. The molecule has 0 heterocycles. The van der Waals surface area contributed by atoms with Crippen molar-refractivity contribution in [3.05, 3.63) is 34.9 Å². The molecule has 0 radical (unpaired) electrons. The first kappa shape index (κ1) is 10.4. The van der Waals surface area contributed by atoms with E-state index in [9.17, 15) is 4.79 Å². The van der Waals surface area contributed by atoms with Crippen molar-refractivity contribution in [2.24, 2.45) is 0 Å². The summed E-state index contributed by atoms with van der Waals surface area (Å²) < 4.78 is 1.12. The zero-order valence-corrected chi connectivity index (χ0v) is 8.64. The predicted octanol–water partition coefficient (Wildman–Crippen LogP) is 2.84. The van der Waals surface area contributed by atoms with Crippen LogP contribution in [0.3, 0.4) is 0 Å². The molecule has 0 saturated carbocycles. The second-order valence-electron chi connectivity index (χ2n) is 2.67. The monoisotopic (exact) mass is 217 g/mol. The van der Waals surface area contributed by atoms with Crippen LogP contribution in [0.15, 0.2) is 24.3 Å². The van der Waals surface area contributed by atoms with E-state index in [0.717, 1.165) is 9.98 Å². The molecular formula is C9H9Cl2NO. The van der Waals surface area contributed by atoms with E-state index in [-0.39, 0.29) is 5.91 Å². The maximum absolute atomic E-state index is 10.8. The summed E-state index contributed by atoms with van der Waals surface area (Å²) in [7, 11) is 0. The van der Waals surface area contributed by atoms with Crippen LogP contribution in [0, 0.1) is 0 Å². The van der Waals surface area contributed by atoms with Crippen LogP contribution in [-0.4, -0.2) is 10.3 Å². The molecule has 0 bridgehead atoms. The van der Waals surface area contributed by atoms with Gasteiger partial charge in [-0.05, 0) is 17.7 Å². The van der Waals surface area contributed by atoms with Gasteiger partial charge in [0.15, 0.2) is 0 Å². The second-order valence-corrected chi connectivity index (χ2v) is 3.51. The van der Waals surface area contributed by atoms with Crippen LogP contribution in [-0.2, 0) is 11.3 Å². The minimum Gasteiger partial charge on any atom is -0.274 e. The fraction of sp³-hybridized carbons (Fsp3) is 0.222. The van der Waals surface area contributed by atoms with Gasteiger partial charge in [0.25, 0.3) is 0 Å². The Morgan fingerprint density at radius 2 is 2.23 bits per heavy atom. The fourth-order valence-electron chi connectivity index (χ4n) is 0.907. The number of nitrogens with zero attached hydrogens (tertiary/aromatic N) is 1. The van der Waals surface area contributed by atoms with Gasteiger partial charge in [-0.25, -0.2) is 0 Å². The minimum atomic E-state index is -0.179. The van der Waals surface area contributed by atoms with E-state index in [4.69, 9.17) is 23.4 Å². The largest absolute Gasteiger partial charge is 0.274 e. The van der Waals surface area contributed by atoms with Gasteiger partial charge >= 0.3 is 0 Å². The van der Waals surface area contributed by atoms with Crippen molar-refractivity contribution in [3.8, 4) is 0 Å². The van der Waals surface area contributed by atoms with Crippen LogP contribution >= 0.6 is 23.4 Å². The van der Waals surface area contributed by atoms with Gasteiger partial charge < -0.3 is 0 Å². The molecule has 1 aromatic carbocycles. The summed E-state index contributed by atoms with van der Waals surface area (Å²) in [6, 6.07) is 7.24. The second kappa shape index (κ2) is 4.49. The normalized spacial score (nSPS) is 9.77. The Kier molecular flexibility index (Phi) is 3.58. The molecule has 13 heavy (non-hydrogen) atoms. The molecule has 0 atom stereocenters. The third-order valence-corrected chi connectivity index (χ3v) is 2.14. The Morgan fingerprint density at radius 3 is 2.77 bits per heavy atom. The fourth-order valence-corrected chi connectivity index (χ4v) is 1.26. The Balaban J connectivity index is 2.69. The molecule has 0 aliphatic carbocycles. The van der Waals surface area contributed by atoms with Gasteiger partial charge in [-0.2, -0.15) is 0 Å². The van der Waals surface area contributed by atoms with Crippen LogP contribution < -0.4 is 0 Å². The maximum Gasteiger partial charge on any atom is 0.234 e. The van der Waals surface area contributed by atoms with E-state index < -0.39 is 0 Å². The molecule has 0 aromatic heterocycles. The van der Waals surface area contributed by atoms with Crippen LogP contribution in [0.2, 0.25) is 5.02 Å². The van der Waals surface area contributed by atoms with Gasteiger partial charge in [-0.15, -0.1) is 0 Å². The van der Waals surface area contributed by atoms with Crippen molar-refractivity contribution in [1.29, 1.82) is 0 Å². The highest BCUT2D eigenvalue weighted by atomic mass is 35.5. The molecule has 1 aromatic rings. The van der Waals surface area contributed by atoms with Gasteiger partial charge in [-0.3, -0.25) is 9.21 Å². The number of hydrogen-bond acceptors (Lipinski definition) is 1. The molecule has 0 aliphatic rings. The first-order valence-electron chi connectivity index (χ1n) is 3.78. The molecule has 4 heteroatoms. The van der Waals surface area contributed by atoms with E-state index in [1.807, 2.05) is 12.1 Å². The molecule has 0 saturated heterocycles. The molecule has 1 rings (SSSR count). The third kappa shape index (κ3) is 3.25. The van der Waals surface area contributed by atoms with Crippen LogP contribution in [0.5, 0.6) is 0 Å². The molecule has 0 fully saturated rings. The molecular weight excluding hydrogens is 209 g/mol. The molecule has 2 nitrogen and oxygen atoms in total. The summed E-state index contributed by atoms with van der Waals surface area (Å²) in [4.78, 5) is 10.8. The smallest absolute Gasteiger partial charge is 0.234 e. The standard InChI is InChI=1S/C9H9Cl2NO/c1-7(13)12(11)6-8-3-2-4-9(10)5-8/h2-5H,6H2,1H3. The molecule has 1 amide bonds. The van der Waals surface area contributed by atoms with E-state index in [0.29, 0.717) is 11.6 Å². The lowest BCUT2D eigenvalue weighted by Crippen LogP contribution is -2.17. The maximum atomic E-state index is 10.8. The van der Waals surface area contributed by atoms with E-state index in [2.05, 4.69) is 0 Å². The highest BCUT2D eigenvalue weighted by Gasteiger charge is 2.05. The average Bonchev–Trinajstić information content (AvgIpc) is 2.04. The highest BCUT2D eigenvalue weighted by Crippen LogP contribution is 2.13. The van der Waals surface area contributed by atoms with E-state index in [1.165, 1.54) is 6.92 Å². The van der Waals surface area contributed by atoms with Gasteiger partial charge in [-0.1, -0.05) is 23.7 Å². The summed E-state index contributed by atoms with van der Waals surface area (Å²) in [5.41, 5.74) is 0.915. The Morgan fingerprint density at radius 1 is 1.54 bits per heavy atom. The predicted molar refractivity (Wildman–Crippen MR) is 53.5 cm³/mol. The van der Waals surface area contributed by atoms with Gasteiger partial charge in [0, 0.05) is 23.7 Å². The lowest BCUT2D eigenvalue weighted by molar-refractivity contribution is -0.124. The van der Waals surface area contributed by atoms with Crippen molar-refractivity contribution >= 4 is 29.3 Å². The van der Waals surface area contributed by atoms with Crippen LogP contribution in [0.1, 0.15) is 12.5 Å². The number of carbonyl (C=O) groups excluding carboxylic acids is 1. The summed E-state index contributed by atoms with van der Waals surface area (Å²) >= 11 is 11.4.